The Morgan fingerprint density at radius 1 is 1.12 bits per heavy atom. The number of aryl methyl sites for hydroxylation is 1. The van der Waals surface area contributed by atoms with Crippen molar-refractivity contribution in [3.05, 3.63) is 54.0 Å². The second-order valence-corrected chi connectivity index (χ2v) is 5.48. The van der Waals surface area contributed by atoms with Gasteiger partial charge in [0.25, 0.3) is 5.89 Å². The molecule has 2 aromatic heterocycles. The van der Waals surface area contributed by atoms with Crippen LogP contribution >= 0.6 is 0 Å². The van der Waals surface area contributed by atoms with Gasteiger partial charge in [0.05, 0.1) is 12.6 Å². The molecule has 0 saturated carbocycles. The summed E-state index contributed by atoms with van der Waals surface area (Å²) in [7, 11) is 0. The smallest absolute Gasteiger partial charge is 0.266 e. The van der Waals surface area contributed by atoms with E-state index in [1.165, 1.54) is 0 Å². The molecule has 8 nitrogen and oxygen atoms in total. The number of aromatic hydroxyl groups is 1. The van der Waals surface area contributed by atoms with E-state index < -0.39 is 0 Å². The van der Waals surface area contributed by atoms with Gasteiger partial charge in [0.2, 0.25) is 11.8 Å². The van der Waals surface area contributed by atoms with Crippen molar-refractivity contribution in [3.63, 3.8) is 0 Å². The molecule has 0 aliphatic carbocycles. The summed E-state index contributed by atoms with van der Waals surface area (Å²) < 4.78 is 11.0. The predicted octanol–water partition coefficient (Wildman–Crippen LogP) is 3.00. The number of phenolic OH excluding ortho intramolecular Hbond substituents is 1. The number of nitrogens with zero attached hydrogens (tertiary/aromatic N) is 4. The van der Waals surface area contributed by atoms with Gasteiger partial charge < -0.3 is 19.1 Å². The summed E-state index contributed by atoms with van der Waals surface area (Å²) >= 11 is 0. The Kier molecular flexibility index (Phi) is 3.77. The van der Waals surface area contributed by atoms with Crippen molar-refractivity contribution in [3.8, 4) is 23.1 Å². The SMILES string of the molecule is Cc1nnc(-c2ccc(OC3=NO[C@@H](c4ccc(O)cc4)C3)cn2)o1. The van der Waals surface area contributed by atoms with Gasteiger partial charge in [-0.05, 0) is 29.8 Å². The fourth-order valence-electron chi connectivity index (χ4n) is 2.39. The van der Waals surface area contributed by atoms with E-state index >= 15 is 0 Å². The summed E-state index contributed by atoms with van der Waals surface area (Å²) in [4.78, 5) is 9.63. The Hall–Kier alpha value is -3.42. The molecule has 0 fully saturated rings. The van der Waals surface area contributed by atoms with Crippen LogP contribution in [-0.4, -0.2) is 26.2 Å². The molecular weight excluding hydrogens is 324 g/mol. The molecule has 1 atom stereocenters. The number of pyridine rings is 1. The highest BCUT2D eigenvalue weighted by Gasteiger charge is 2.24. The van der Waals surface area contributed by atoms with Gasteiger partial charge in [-0.3, -0.25) is 0 Å². The minimum absolute atomic E-state index is 0.210. The normalized spacial score (nSPS) is 16.4. The fourth-order valence-corrected chi connectivity index (χ4v) is 2.39. The molecule has 1 aliphatic heterocycles. The quantitative estimate of drug-likeness (QED) is 0.783. The molecule has 1 aromatic carbocycles. The van der Waals surface area contributed by atoms with Crippen LogP contribution in [0.4, 0.5) is 0 Å². The van der Waals surface area contributed by atoms with Crippen LogP contribution in [0.3, 0.4) is 0 Å². The monoisotopic (exact) mass is 338 g/mol. The van der Waals surface area contributed by atoms with Crippen LogP contribution in [0.2, 0.25) is 0 Å². The first kappa shape index (κ1) is 15.1. The lowest BCUT2D eigenvalue weighted by molar-refractivity contribution is 0.0855. The molecule has 0 spiro atoms. The van der Waals surface area contributed by atoms with Crippen LogP contribution < -0.4 is 4.74 Å². The van der Waals surface area contributed by atoms with Gasteiger partial charge in [0.15, 0.2) is 6.10 Å². The van der Waals surface area contributed by atoms with Gasteiger partial charge in [0.1, 0.15) is 17.2 Å². The van der Waals surface area contributed by atoms with E-state index in [1.807, 2.05) is 0 Å². The third-order valence-corrected chi connectivity index (χ3v) is 3.62. The first-order valence-corrected chi connectivity index (χ1v) is 7.63. The lowest BCUT2D eigenvalue weighted by Gasteiger charge is -2.08. The molecule has 0 bridgehead atoms. The van der Waals surface area contributed by atoms with Gasteiger partial charge in [-0.15, -0.1) is 10.2 Å². The fraction of sp³-hybridized carbons (Fsp3) is 0.176. The topological polar surface area (TPSA) is 103 Å². The molecule has 4 rings (SSSR count). The van der Waals surface area contributed by atoms with E-state index in [4.69, 9.17) is 14.0 Å². The zero-order valence-corrected chi connectivity index (χ0v) is 13.3. The highest BCUT2D eigenvalue weighted by atomic mass is 16.7. The number of phenols is 1. The van der Waals surface area contributed by atoms with E-state index in [0.29, 0.717) is 35.5 Å². The number of hydrogen-bond acceptors (Lipinski definition) is 8. The Morgan fingerprint density at radius 3 is 2.64 bits per heavy atom. The molecule has 0 radical (unpaired) electrons. The predicted molar refractivity (Wildman–Crippen MR) is 86.9 cm³/mol. The van der Waals surface area contributed by atoms with Crippen LogP contribution in [0.25, 0.3) is 11.6 Å². The summed E-state index contributed by atoms with van der Waals surface area (Å²) in [6, 6.07) is 10.3. The van der Waals surface area contributed by atoms with Gasteiger partial charge in [-0.25, -0.2) is 4.98 Å². The molecule has 0 amide bonds. The summed E-state index contributed by atoms with van der Waals surface area (Å²) in [5.41, 5.74) is 1.49. The lowest BCUT2D eigenvalue weighted by Crippen LogP contribution is -2.07. The number of ether oxygens (including phenoxy) is 1. The minimum Gasteiger partial charge on any atom is -0.508 e. The Bertz CT molecular complexity index is 903. The van der Waals surface area contributed by atoms with Crippen LogP contribution in [-0.2, 0) is 4.84 Å². The molecule has 126 valence electrons. The van der Waals surface area contributed by atoms with Gasteiger partial charge >= 0.3 is 0 Å². The average molecular weight is 338 g/mol. The maximum Gasteiger partial charge on any atom is 0.266 e. The van der Waals surface area contributed by atoms with E-state index in [0.717, 1.165) is 5.56 Å². The summed E-state index contributed by atoms with van der Waals surface area (Å²) in [6.45, 7) is 1.72. The van der Waals surface area contributed by atoms with Crippen molar-refractivity contribution in [1.29, 1.82) is 0 Å². The van der Waals surface area contributed by atoms with Crippen molar-refractivity contribution >= 4 is 5.90 Å². The van der Waals surface area contributed by atoms with Crippen LogP contribution in [0.15, 0.2) is 52.2 Å². The summed E-state index contributed by atoms with van der Waals surface area (Å²) in [5.74, 6) is 2.05. The summed E-state index contributed by atoms with van der Waals surface area (Å²) in [5, 5.41) is 21.0. The maximum atomic E-state index is 9.34. The number of benzene rings is 1. The average Bonchev–Trinajstić information content (AvgIpc) is 3.26. The Labute approximate surface area is 142 Å². The molecule has 0 unspecified atom stereocenters. The summed E-state index contributed by atoms with van der Waals surface area (Å²) in [6.07, 6.45) is 1.82. The molecule has 0 saturated heterocycles. The van der Waals surface area contributed by atoms with E-state index in [1.54, 1.807) is 49.5 Å². The second kappa shape index (κ2) is 6.23. The standard InChI is InChI=1S/C17H14N4O4/c1-10-19-20-17(23-10)14-7-6-13(9-18-14)24-16-8-15(25-21-16)11-2-4-12(22)5-3-11/h2-7,9,15,22H,8H2,1H3/t15-/m1/s1. The van der Waals surface area contributed by atoms with Crippen molar-refractivity contribution in [2.24, 2.45) is 5.16 Å². The molecule has 3 heterocycles. The van der Waals surface area contributed by atoms with Crippen LogP contribution in [0.5, 0.6) is 11.5 Å². The van der Waals surface area contributed by atoms with E-state index in [2.05, 4.69) is 20.3 Å². The van der Waals surface area contributed by atoms with Gasteiger partial charge in [-0.2, -0.15) is 0 Å². The van der Waals surface area contributed by atoms with Gasteiger partial charge in [-0.1, -0.05) is 17.3 Å². The third-order valence-electron chi connectivity index (χ3n) is 3.62. The number of rotatable bonds is 3. The minimum atomic E-state index is -0.232. The Balaban J connectivity index is 1.40. The maximum absolute atomic E-state index is 9.34. The molecule has 3 aromatic rings. The van der Waals surface area contributed by atoms with Crippen molar-refractivity contribution in [1.82, 2.24) is 15.2 Å². The van der Waals surface area contributed by atoms with Gasteiger partial charge in [0, 0.05) is 6.92 Å². The zero-order chi connectivity index (χ0) is 17.2. The first-order chi connectivity index (χ1) is 12.2. The largest absolute Gasteiger partial charge is 0.508 e. The molecule has 25 heavy (non-hydrogen) atoms. The number of oxime groups is 1. The van der Waals surface area contributed by atoms with Crippen LogP contribution in [0.1, 0.15) is 24.0 Å². The van der Waals surface area contributed by atoms with Crippen molar-refractivity contribution in [2.45, 2.75) is 19.4 Å². The third kappa shape index (κ3) is 3.27. The zero-order valence-electron chi connectivity index (χ0n) is 13.3. The van der Waals surface area contributed by atoms with Crippen LogP contribution in [0, 0.1) is 6.92 Å². The Morgan fingerprint density at radius 2 is 1.96 bits per heavy atom. The van der Waals surface area contributed by atoms with Crippen molar-refractivity contribution < 1.29 is 19.1 Å². The lowest BCUT2D eigenvalue weighted by atomic mass is 10.1. The number of aromatic nitrogens is 3. The molecular formula is C17H14N4O4. The molecule has 8 heteroatoms. The van der Waals surface area contributed by atoms with E-state index in [-0.39, 0.29) is 11.9 Å². The highest BCUT2D eigenvalue weighted by Crippen LogP contribution is 2.29. The molecule has 1 aliphatic rings. The second-order valence-electron chi connectivity index (χ2n) is 5.48. The van der Waals surface area contributed by atoms with Crippen molar-refractivity contribution in [2.75, 3.05) is 0 Å². The number of hydrogen-bond donors (Lipinski definition) is 1. The molecule has 1 N–H and O–H groups in total. The first-order valence-electron chi connectivity index (χ1n) is 7.63. The van der Waals surface area contributed by atoms with E-state index in [9.17, 15) is 5.11 Å². The highest BCUT2D eigenvalue weighted by molar-refractivity contribution is 5.79.